The van der Waals surface area contributed by atoms with Gasteiger partial charge in [0.1, 0.15) is 0 Å². The Kier molecular flexibility index (Phi) is 2.68. The number of nitrogens with one attached hydrogen (secondary N) is 1. The van der Waals surface area contributed by atoms with Crippen molar-refractivity contribution in [3.8, 4) is 0 Å². The van der Waals surface area contributed by atoms with Crippen LogP contribution >= 0.6 is 22.6 Å². The lowest BCUT2D eigenvalue weighted by atomic mass is 10.1. The van der Waals surface area contributed by atoms with Crippen LogP contribution in [0, 0.1) is 10.6 Å². The second kappa shape index (κ2) is 3.84. The Labute approximate surface area is 101 Å². The van der Waals surface area contributed by atoms with Gasteiger partial charge in [-0.1, -0.05) is 11.6 Å². The molecule has 0 atom stereocenters. The van der Waals surface area contributed by atoms with Gasteiger partial charge in [0.25, 0.3) is 0 Å². The van der Waals surface area contributed by atoms with Crippen LogP contribution in [0.15, 0.2) is 18.2 Å². The highest BCUT2D eigenvalue weighted by molar-refractivity contribution is 14.1. The molecule has 78 valence electrons. The molecular formula is C11H10INO2. The molecule has 1 aromatic heterocycles. The van der Waals surface area contributed by atoms with Crippen molar-refractivity contribution >= 4 is 39.5 Å². The Morgan fingerprint density at radius 1 is 1.53 bits per heavy atom. The molecule has 1 aromatic carbocycles. The fraction of sp³-hybridized carbons (Fsp3) is 0.182. The Bertz CT molecular complexity index is 531. The summed E-state index contributed by atoms with van der Waals surface area (Å²) in [7, 11) is 0. The smallest absolute Gasteiger partial charge is 0.307 e. The number of H-pyrrole nitrogens is 1. The van der Waals surface area contributed by atoms with Gasteiger partial charge in [0.05, 0.1) is 10.1 Å². The van der Waals surface area contributed by atoms with Crippen LogP contribution in [0.2, 0.25) is 0 Å². The van der Waals surface area contributed by atoms with E-state index in [1.807, 2.05) is 25.1 Å². The maximum atomic E-state index is 10.7. The molecule has 0 aliphatic rings. The molecule has 3 nitrogen and oxygen atoms in total. The second-order valence-corrected chi connectivity index (χ2v) is 4.62. The quantitative estimate of drug-likeness (QED) is 0.837. The van der Waals surface area contributed by atoms with Crippen LogP contribution in [0.3, 0.4) is 0 Å². The van der Waals surface area contributed by atoms with Gasteiger partial charge < -0.3 is 10.1 Å². The molecule has 2 aromatic rings. The number of benzene rings is 1. The van der Waals surface area contributed by atoms with Crippen molar-refractivity contribution in [2.24, 2.45) is 0 Å². The molecule has 4 heteroatoms. The number of hydrogen-bond acceptors (Lipinski definition) is 1. The van der Waals surface area contributed by atoms with Gasteiger partial charge in [-0.2, -0.15) is 0 Å². The van der Waals surface area contributed by atoms with Crippen molar-refractivity contribution in [2.75, 3.05) is 0 Å². The maximum absolute atomic E-state index is 10.7. The Hall–Kier alpha value is -1.04. The molecule has 0 saturated carbocycles. The Balaban J connectivity index is 2.65. The third-order valence-electron chi connectivity index (χ3n) is 2.34. The fourth-order valence-electron chi connectivity index (χ4n) is 1.65. The second-order valence-electron chi connectivity index (χ2n) is 3.54. The highest BCUT2D eigenvalue weighted by Crippen LogP contribution is 2.25. The van der Waals surface area contributed by atoms with E-state index in [1.165, 1.54) is 0 Å². The van der Waals surface area contributed by atoms with Crippen molar-refractivity contribution in [3.05, 3.63) is 33.0 Å². The van der Waals surface area contributed by atoms with Crippen LogP contribution in [-0.2, 0) is 11.2 Å². The SMILES string of the molecule is Cc1ccc2[nH]c(I)c(CC(=O)O)c2c1. The first-order valence-electron chi connectivity index (χ1n) is 4.56. The number of aryl methyl sites for hydroxylation is 1. The summed E-state index contributed by atoms with van der Waals surface area (Å²) >= 11 is 2.14. The maximum Gasteiger partial charge on any atom is 0.307 e. The lowest BCUT2D eigenvalue weighted by molar-refractivity contribution is -0.136. The third kappa shape index (κ3) is 1.99. The number of carboxylic acids is 1. The van der Waals surface area contributed by atoms with Gasteiger partial charge in [0, 0.05) is 16.5 Å². The zero-order valence-corrected chi connectivity index (χ0v) is 10.3. The average Bonchev–Trinajstić information content (AvgIpc) is 2.43. The van der Waals surface area contributed by atoms with Crippen LogP contribution in [0.5, 0.6) is 0 Å². The summed E-state index contributed by atoms with van der Waals surface area (Å²) in [5, 5.41) is 9.84. The first-order chi connectivity index (χ1) is 7.08. The average molecular weight is 315 g/mol. The van der Waals surface area contributed by atoms with E-state index in [2.05, 4.69) is 27.6 Å². The highest BCUT2D eigenvalue weighted by Gasteiger charge is 2.12. The summed E-state index contributed by atoms with van der Waals surface area (Å²) in [5.41, 5.74) is 3.02. The van der Waals surface area contributed by atoms with Crippen LogP contribution in [-0.4, -0.2) is 16.1 Å². The number of rotatable bonds is 2. The number of aromatic amines is 1. The molecule has 0 unspecified atom stereocenters. The van der Waals surface area contributed by atoms with Crippen LogP contribution < -0.4 is 0 Å². The predicted molar refractivity (Wildman–Crippen MR) is 67.1 cm³/mol. The molecule has 0 amide bonds. The Morgan fingerprint density at radius 2 is 2.27 bits per heavy atom. The molecule has 0 aliphatic heterocycles. The molecular weight excluding hydrogens is 305 g/mol. The molecule has 2 N–H and O–H groups in total. The van der Waals surface area contributed by atoms with Crippen LogP contribution in [0.1, 0.15) is 11.1 Å². The number of fused-ring (bicyclic) bond motifs is 1. The third-order valence-corrected chi connectivity index (χ3v) is 3.26. The zero-order chi connectivity index (χ0) is 11.0. The zero-order valence-electron chi connectivity index (χ0n) is 8.17. The monoisotopic (exact) mass is 315 g/mol. The van der Waals surface area contributed by atoms with E-state index in [-0.39, 0.29) is 6.42 Å². The largest absolute Gasteiger partial charge is 0.481 e. The minimum atomic E-state index is -0.796. The number of carbonyl (C=O) groups is 1. The molecule has 15 heavy (non-hydrogen) atoms. The molecule has 0 fully saturated rings. The van der Waals surface area contributed by atoms with E-state index >= 15 is 0 Å². The summed E-state index contributed by atoms with van der Waals surface area (Å²) in [6.45, 7) is 2.00. The molecule has 0 radical (unpaired) electrons. The fourth-order valence-corrected chi connectivity index (χ4v) is 2.42. The number of carboxylic acid groups (broad SMARTS) is 1. The summed E-state index contributed by atoms with van der Waals surface area (Å²) in [4.78, 5) is 13.9. The summed E-state index contributed by atoms with van der Waals surface area (Å²) < 4.78 is 0.913. The van der Waals surface area contributed by atoms with E-state index in [0.29, 0.717) is 0 Å². The number of halogens is 1. The molecule has 2 rings (SSSR count). The van der Waals surface area contributed by atoms with Gasteiger partial charge in [-0.25, -0.2) is 0 Å². The summed E-state index contributed by atoms with van der Waals surface area (Å²) in [6, 6.07) is 6.02. The van der Waals surface area contributed by atoms with Gasteiger partial charge in [-0.3, -0.25) is 4.79 Å². The van der Waals surface area contributed by atoms with Gasteiger partial charge in [0.15, 0.2) is 0 Å². The molecule has 0 bridgehead atoms. The molecule has 0 spiro atoms. The van der Waals surface area contributed by atoms with Crippen molar-refractivity contribution in [2.45, 2.75) is 13.3 Å². The standard InChI is InChI=1S/C11H10INO2/c1-6-2-3-9-7(4-6)8(5-10(14)15)11(12)13-9/h2-4,13H,5H2,1H3,(H,14,15). The predicted octanol–water partition coefficient (Wildman–Crippen LogP) is 2.71. The van der Waals surface area contributed by atoms with Crippen molar-refractivity contribution in [1.82, 2.24) is 4.98 Å². The van der Waals surface area contributed by atoms with Crippen LogP contribution in [0.25, 0.3) is 10.9 Å². The lowest BCUT2D eigenvalue weighted by Crippen LogP contribution is -2.00. The van der Waals surface area contributed by atoms with Gasteiger partial charge in [-0.05, 0) is 41.6 Å². The van der Waals surface area contributed by atoms with E-state index < -0.39 is 5.97 Å². The normalized spacial score (nSPS) is 10.8. The number of aliphatic carboxylic acids is 1. The Morgan fingerprint density at radius 3 is 2.93 bits per heavy atom. The highest BCUT2D eigenvalue weighted by atomic mass is 127. The molecule has 0 aliphatic carbocycles. The van der Waals surface area contributed by atoms with Gasteiger partial charge in [0.2, 0.25) is 0 Å². The topological polar surface area (TPSA) is 53.1 Å². The van der Waals surface area contributed by atoms with Crippen molar-refractivity contribution < 1.29 is 9.90 Å². The molecule has 1 heterocycles. The van der Waals surface area contributed by atoms with Crippen molar-refractivity contribution in [3.63, 3.8) is 0 Å². The minimum absolute atomic E-state index is 0.0712. The molecule has 0 saturated heterocycles. The first kappa shape index (κ1) is 10.5. The minimum Gasteiger partial charge on any atom is -0.481 e. The van der Waals surface area contributed by atoms with E-state index in [9.17, 15) is 4.79 Å². The van der Waals surface area contributed by atoms with Gasteiger partial charge >= 0.3 is 5.97 Å². The summed E-state index contributed by atoms with van der Waals surface area (Å²) in [5.74, 6) is -0.796. The number of hydrogen-bond donors (Lipinski definition) is 2. The van der Waals surface area contributed by atoms with Gasteiger partial charge in [-0.15, -0.1) is 0 Å². The van der Waals surface area contributed by atoms with Crippen LogP contribution in [0.4, 0.5) is 0 Å². The van der Waals surface area contributed by atoms with E-state index in [1.54, 1.807) is 0 Å². The summed E-state index contributed by atoms with van der Waals surface area (Å²) in [6.07, 6.45) is 0.0712. The van der Waals surface area contributed by atoms with E-state index in [0.717, 1.165) is 25.7 Å². The van der Waals surface area contributed by atoms with Crippen molar-refractivity contribution in [1.29, 1.82) is 0 Å². The van der Waals surface area contributed by atoms with E-state index in [4.69, 9.17) is 5.11 Å². The lowest BCUT2D eigenvalue weighted by Gasteiger charge is -1.97. The first-order valence-corrected chi connectivity index (χ1v) is 5.64. The number of aromatic nitrogens is 1.